The number of para-hydroxylation sites is 1. The highest BCUT2D eigenvalue weighted by molar-refractivity contribution is 5.62. The lowest BCUT2D eigenvalue weighted by atomic mass is 10.1. The van der Waals surface area contributed by atoms with Gasteiger partial charge in [0.2, 0.25) is 0 Å². The van der Waals surface area contributed by atoms with Crippen LogP contribution in [0.25, 0.3) is 0 Å². The Morgan fingerprint density at radius 3 is 2.89 bits per heavy atom. The summed E-state index contributed by atoms with van der Waals surface area (Å²) in [6.45, 7) is 7.79. The van der Waals surface area contributed by atoms with E-state index < -0.39 is 0 Å². The molecule has 1 fully saturated rings. The summed E-state index contributed by atoms with van der Waals surface area (Å²) in [7, 11) is 0. The van der Waals surface area contributed by atoms with Crippen LogP contribution in [0.15, 0.2) is 18.2 Å². The molecule has 0 spiro atoms. The summed E-state index contributed by atoms with van der Waals surface area (Å²) in [6, 6.07) is 8.05. The number of rotatable bonds is 5. The first kappa shape index (κ1) is 13.9. The molecule has 0 amide bonds. The molecule has 0 atom stereocenters. The Balaban J connectivity index is 1.78. The van der Waals surface area contributed by atoms with Gasteiger partial charge in [-0.3, -0.25) is 4.90 Å². The second kappa shape index (κ2) is 7.13. The van der Waals surface area contributed by atoms with Crippen LogP contribution in [0.2, 0.25) is 0 Å². The first-order valence-electron chi connectivity index (χ1n) is 6.85. The lowest BCUT2D eigenvalue weighted by molar-refractivity contribution is 0.0378. The molecule has 0 bridgehead atoms. The monoisotopic (exact) mass is 259 g/mol. The van der Waals surface area contributed by atoms with Gasteiger partial charge in [0.25, 0.3) is 0 Å². The zero-order valence-corrected chi connectivity index (χ0v) is 11.5. The molecule has 1 heterocycles. The number of hydrogen-bond acceptors (Lipinski definition) is 4. The van der Waals surface area contributed by atoms with E-state index in [0.29, 0.717) is 0 Å². The molecule has 2 rings (SSSR count). The Kier molecular flexibility index (Phi) is 5.20. The molecule has 1 N–H and O–H groups in total. The highest BCUT2D eigenvalue weighted by Gasteiger charge is 2.09. The van der Waals surface area contributed by atoms with Gasteiger partial charge in [-0.1, -0.05) is 12.1 Å². The summed E-state index contributed by atoms with van der Waals surface area (Å²) in [4.78, 5) is 2.42. The smallest absolute Gasteiger partial charge is 0.101 e. The fourth-order valence-corrected chi connectivity index (χ4v) is 2.34. The molecule has 1 aromatic carbocycles. The van der Waals surface area contributed by atoms with Gasteiger partial charge in [0.05, 0.1) is 24.5 Å². The van der Waals surface area contributed by atoms with E-state index in [1.54, 1.807) is 0 Å². The molecule has 4 heteroatoms. The maximum atomic E-state index is 9.09. The maximum absolute atomic E-state index is 9.09. The summed E-state index contributed by atoms with van der Waals surface area (Å²) in [5, 5.41) is 12.5. The van der Waals surface area contributed by atoms with Crippen molar-refractivity contribution in [1.82, 2.24) is 4.90 Å². The molecule has 0 aromatic heterocycles. The third-order valence-electron chi connectivity index (χ3n) is 3.45. The number of benzene rings is 1. The standard InChI is InChI=1S/C15H21N3O/c1-13-4-2-5-14(12-16)15(13)17-6-3-7-18-8-10-19-11-9-18/h2,4-5,17H,3,6-11H2,1H3. The van der Waals surface area contributed by atoms with Crippen LogP contribution in [0.1, 0.15) is 17.5 Å². The highest BCUT2D eigenvalue weighted by atomic mass is 16.5. The van der Waals surface area contributed by atoms with Crippen LogP contribution in [-0.4, -0.2) is 44.3 Å². The molecular formula is C15H21N3O. The molecule has 0 saturated carbocycles. The van der Waals surface area contributed by atoms with Crippen LogP contribution in [0.3, 0.4) is 0 Å². The minimum atomic E-state index is 0.728. The van der Waals surface area contributed by atoms with Gasteiger partial charge in [-0.05, 0) is 31.5 Å². The Labute approximate surface area is 115 Å². The van der Waals surface area contributed by atoms with Gasteiger partial charge in [0.15, 0.2) is 0 Å². The van der Waals surface area contributed by atoms with Gasteiger partial charge in [-0.25, -0.2) is 0 Å². The van der Waals surface area contributed by atoms with Gasteiger partial charge in [-0.15, -0.1) is 0 Å². The number of nitrogens with zero attached hydrogens (tertiary/aromatic N) is 2. The van der Waals surface area contributed by atoms with Crippen LogP contribution in [0.5, 0.6) is 0 Å². The van der Waals surface area contributed by atoms with Crippen LogP contribution >= 0.6 is 0 Å². The first-order chi connectivity index (χ1) is 9.31. The lowest BCUT2D eigenvalue weighted by Crippen LogP contribution is -2.37. The molecule has 1 aliphatic heterocycles. The second-order valence-corrected chi connectivity index (χ2v) is 4.84. The van der Waals surface area contributed by atoms with E-state index in [2.05, 4.69) is 16.3 Å². The number of hydrogen-bond donors (Lipinski definition) is 1. The SMILES string of the molecule is Cc1cccc(C#N)c1NCCCN1CCOCC1. The Morgan fingerprint density at radius 1 is 1.37 bits per heavy atom. The van der Waals surface area contributed by atoms with E-state index in [9.17, 15) is 0 Å². The molecule has 1 aliphatic rings. The maximum Gasteiger partial charge on any atom is 0.101 e. The molecule has 0 aliphatic carbocycles. The molecule has 0 radical (unpaired) electrons. The predicted octanol–water partition coefficient (Wildman–Crippen LogP) is 2.00. The quantitative estimate of drug-likeness (QED) is 0.822. The Bertz CT molecular complexity index is 447. The van der Waals surface area contributed by atoms with E-state index >= 15 is 0 Å². The number of ether oxygens (including phenoxy) is 1. The Hall–Kier alpha value is -1.57. The lowest BCUT2D eigenvalue weighted by Gasteiger charge is -2.26. The average molecular weight is 259 g/mol. The fraction of sp³-hybridized carbons (Fsp3) is 0.533. The minimum Gasteiger partial charge on any atom is -0.384 e. The molecule has 102 valence electrons. The van der Waals surface area contributed by atoms with Crippen molar-refractivity contribution in [3.63, 3.8) is 0 Å². The summed E-state index contributed by atoms with van der Waals surface area (Å²) in [5.41, 5.74) is 2.84. The molecular weight excluding hydrogens is 238 g/mol. The van der Waals surface area contributed by atoms with Gasteiger partial charge < -0.3 is 10.1 Å². The van der Waals surface area contributed by atoms with Crippen molar-refractivity contribution in [2.75, 3.05) is 44.7 Å². The topological polar surface area (TPSA) is 48.3 Å². The van der Waals surface area contributed by atoms with Crippen molar-refractivity contribution in [2.45, 2.75) is 13.3 Å². The third-order valence-corrected chi connectivity index (χ3v) is 3.45. The molecule has 1 aromatic rings. The van der Waals surface area contributed by atoms with Gasteiger partial charge in [0, 0.05) is 19.6 Å². The molecule has 1 saturated heterocycles. The summed E-state index contributed by atoms with van der Waals surface area (Å²) >= 11 is 0. The van der Waals surface area contributed by atoms with E-state index in [1.165, 1.54) is 0 Å². The van der Waals surface area contributed by atoms with Crippen molar-refractivity contribution in [3.05, 3.63) is 29.3 Å². The number of anilines is 1. The normalized spacial score (nSPS) is 16.0. The zero-order chi connectivity index (χ0) is 13.5. The van der Waals surface area contributed by atoms with E-state index in [0.717, 1.165) is 62.6 Å². The molecule has 19 heavy (non-hydrogen) atoms. The van der Waals surface area contributed by atoms with Crippen LogP contribution in [0.4, 0.5) is 5.69 Å². The number of nitriles is 1. The van der Waals surface area contributed by atoms with E-state index in [4.69, 9.17) is 10.00 Å². The van der Waals surface area contributed by atoms with Gasteiger partial charge in [0.1, 0.15) is 6.07 Å². The van der Waals surface area contributed by atoms with Crippen molar-refractivity contribution < 1.29 is 4.74 Å². The van der Waals surface area contributed by atoms with Crippen molar-refractivity contribution in [3.8, 4) is 6.07 Å². The Morgan fingerprint density at radius 2 is 2.16 bits per heavy atom. The van der Waals surface area contributed by atoms with Crippen LogP contribution < -0.4 is 5.32 Å². The highest BCUT2D eigenvalue weighted by Crippen LogP contribution is 2.19. The van der Waals surface area contributed by atoms with Crippen LogP contribution in [0, 0.1) is 18.3 Å². The van der Waals surface area contributed by atoms with E-state index in [-0.39, 0.29) is 0 Å². The van der Waals surface area contributed by atoms with E-state index in [1.807, 2.05) is 25.1 Å². The van der Waals surface area contributed by atoms with Crippen LogP contribution in [-0.2, 0) is 4.74 Å². The fourth-order valence-electron chi connectivity index (χ4n) is 2.34. The van der Waals surface area contributed by atoms with Gasteiger partial charge >= 0.3 is 0 Å². The number of aryl methyl sites for hydroxylation is 1. The van der Waals surface area contributed by atoms with Crippen molar-refractivity contribution >= 4 is 5.69 Å². The predicted molar refractivity (Wildman–Crippen MR) is 76.3 cm³/mol. The largest absolute Gasteiger partial charge is 0.384 e. The number of nitrogens with one attached hydrogen (secondary N) is 1. The van der Waals surface area contributed by atoms with Gasteiger partial charge in [-0.2, -0.15) is 5.26 Å². The summed E-state index contributed by atoms with van der Waals surface area (Å²) < 4.78 is 5.33. The van der Waals surface area contributed by atoms with Crippen molar-refractivity contribution in [1.29, 1.82) is 5.26 Å². The second-order valence-electron chi connectivity index (χ2n) is 4.84. The third kappa shape index (κ3) is 3.95. The average Bonchev–Trinajstić information content (AvgIpc) is 2.46. The number of morpholine rings is 1. The molecule has 4 nitrogen and oxygen atoms in total. The minimum absolute atomic E-state index is 0.728. The summed E-state index contributed by atoms with van der Waals surface area (Å²) in [5.74, 6) is 0. The molecule has 0 unspecified atom stereocenters. The van der Waals surface area contributed by atoms with Crippen molar-refractivity contribution in [2.24, 2.45) is 0 Å². The summed E-state index contributed by atoms with van der Waals surface area (Å²) in [6.07, 6.45) is 1.08. The first-order valence-corrected chi connectivity index (χ1v) is 6.85. The zero-order valence-electron chi connectivity index (χ0n) is 11.5.